The van der Waals surface area contributed by atoms with Gasteiger partial charge >= 0.3 is 0 Å². The monoisotopic (exact) mass is 339 g/mol. The number of aryl methyl sites for hydroxylation is 1. The Bertz CT molecular complexity index is 526. The van der Waals surface area contributed by atoms with E-state index in [4.69, 9.17) is 4.74 Å². The predicted octanol–water partition coefficient (Wildman–Crippen LogP) is 4.55. The van der Waals surface area contributed by atoms with E-state index >= 15 is 0 Å². The van der Waals surface area contributed by atoms with E-state index in [0.717, 1.165) is 12.2 Å². The number of thiophene rings is 1. The Morgan fingerprint density at radius 3 is 2.84 bits per heavy atom. The molecule has 1 aromatic carbocycles. The van der Waals surface area contributed by atoms with Crippen LogP contribution in [0.1, 0.15) is 23.6 Å². The summed E-state index contributed by atoms with van der Waals surface area (Å²) >= 11 is 5.30. The molecule has 1 aromatic heterocycles. The Hall–Kier alpha value is -0.840. The molecule has 0 saturated carbocycles. The van der Waals surface area contributed by atoms with Crippen molar-refractivity contribution in [1.29, 1.82) is 0 Å². The molecule has 0 spiro atoms. The molecule has 1 atom stereocenters. The molecule has 2 rings (SSSR count). The van der Waals surface area contributed by atoms with Crippen LogP contribution >= 0.6 is 27.3 Å². The molecule has 1 unspecified atom stereocenters. The van der Waals surface area contributed by atoms with Crippen molar-refractivity contribution in [2.45, 2.75) is 19.4 Å². The smallest absolute Gasteiger partial charge is 0.119 e. The summed E-state index contributed by atoms with van der Waals surface area (Å²) in [6.45, 7) is 2.78. The first-order valence-corrected chi connectivity index (χ1v) is 8.02. The van der Waals surface area contributed by atoms with Crippen molar-refractivity contribution >= 4 is 27.3 Å². The van der Waals surface area contributed by atoms with Gasteiger partial charge in [0.2, 0.25) is 0 Å². The molecule has 0 aliphatic heterocycles. The normalized spacial score (nSPS) is 12.4. The van der Waals surface area contributed by atoms with Gasteiger partial charge in [-0.1, -0.05) is 12.1 Å². The summed E-state index contributed by atoms with van der Waals surface area (Å²) in [6.07, 6.45) is 0.944. The highest BCUT2D eigenvalue weighted by Gasteiger charge is 2.13. The average molecular weight is 340 g/mol. The molecule has 19 heavy (non-hydrogen) atoms. The fourth-order valence-corrected chi connectivity index (χ4v) is 3.62. The van der Waals surface area contributed by atoms with Crippen molar-refractivity contribution in [1.82, 2.24) is 5.32 Å². The third-order valence-electron chi connectivity index (χ3n) is 3.03. The summed E-state index contributed by atoms with van der Waals surface area (Å²) in [5.41, 5.74) is 2.53. The second-order valence-corrected chi connectivity index (χ2v) is 6.07. The summed E-state index contributed by atoms with van der Waals surface area (Å²) in [4.78, 5) is 0. The standard InChI is InChI=1S/C15H18BrNOS/c1-11-4-3-5-12(8-11)18-7-6-15(17-2)13-9-19-10-14(13)16/h3-5,8-10,15,17H,6-7H2,1-2H3. The Morgan fingerprint density at radius 1 is 1.37 bits per heavy atom. The van der Waals surface area contributed by atoms with Gasteiger partial charge in [-0.25, -0.2) is 0 Å². The summed E-state index contributed by atoms with van der Waals surface area (Å²) in [5.74, 6) is 0.944. The van der Waals surface area contributed by atoms with E-state index in [2.05, 4.69) is 51.1 Å². The SMILES string of the molecule is CNC(CCOc1cccc(C)c1)c1cscc1Br. The van der Waals surface area contributed by atoms with Crippen molar-refractivity contribution in [3.8, 4) is 5.75 Å². The first kappa shape index (κ1) is 14.6. The number of hydrogen-bond donors (Lipinski definition) is 1. The van der Waals surface area contributed by atoms with Gasteiger partial charge in [0, 0.05) is 22.3 Å². The maximum atomic E-state index is 5.81. The number of benzene rings is 1. The van der Waals surface area contributed by atoms with E-state index in [9.17, 15) is 0 Å². The molecule has 1 N–H and O–H groups in total. The second kappa shape index (κ2) is 7.08. The van der Waals surface area contributed by atoms with Crippen molar-refractivity contribution in [3.05, 3.63) is 50.6 Å². The number of halogens is 1. The summed E-state index contributed by atoms with van der Waals surface area (Å²) in [5, 5.41) is 7.63. The van der Waals surface area contributed by atoms with Crippen LogP contribution in [0.15, 0.2) is 39.5 Å². The fraction of sp³-hybridized carbons (Fsp3) is 0.333. The molecule has 0 bridgehead atoms. The van der Waals surface area contributed by atoms with E-state index < -0.39 is 0 Å². The highest BCUT2D eigenvalue weighted by Crippen LogP contribution is 2.29. The molecule has 0 fully saturated rings. The number of nitrogens with one attached hydrogen (secondary N) is 1. The maximum Gasteiger partial charge on any atom is 0.119 e. The maximum absolute atomic E-state index is 5.81. The minimum absolute atomic E-state index is 0.324. The van der Waals surface area contributed by atoms with Crippen LogP contribution < -0.4 is 10.1 Å². The zero-order valence-corrected chi connectivity index (χ0v) is 13.6. The van der Waals surface area contributed by atoms with Crippen molar-refractivity contribution in [2.24, 2.45) is 0 Å². The van der Waals surface area contributed by atoms with Gasteiger partial charge in [-0.15, -0.1) is 0 Å². The molecule has 2 nitrogen and oxygen atoms in total. The topological polar surface area (TPSA) is 21.3 Å². The molecule has 1 heterocycles. The zero-order valence-electron chi connectivity index (χ0n) is 11.2. The summed E-state index contributed by atoms with van der Waals surface area (Å²) in [6, 6.07) is 8.49. The van der Waals surface area contributed by atoms with Crippen molar-refractivity contribution in [2.75, 3.05) is 13.7 Å². The quantitative estimate of drug-likeness (QED) is 0.833. The van der Waals surface area contributed by atoms with E-state index in [1.54, 1.807) is 11.3 Å². The van der Waals surface area contributed by atoms with Crippen LogP contribution in [0.4, 0.5) is 0 Å². The molecule has 4 heteroatoms. The van der Waals surface area contributed by atoms with Gasteiger partial charge in [0.05, 0.1) is 6.61 Å². The molecular formula is C15H18BrNOS. The van der Waals surface area contributed by atoms with E-state index in [0.29, 0.717) is 12.6 Å². The van der Waals surface area contributed by atoms with E-state index in [-0.39, 0.29) is 0 Å². The van der Waals surface area contributed by atoms with Gasteiger partial charge in [-0.3, -0.25) is 0 Å². The first-order valence-electron chi connectivity index (χ1n) is 6.29. The van der Waals surface area contributed by atoms with Crippen LogP contribution in [0.3, 0.4) is 0 Å². The third kappa shape index (κ3) is 4.06. The van der Waals surface area contributed by atoms with Crippen LogP contribution in [0, 0.1) is 6.92 Å². The Kier molecular flexibility index (Phi) is 5.43. The Balaban J connectivity index is 1.89. The second-order valence-electron chi connectivity index (χ2n) is 4.47. The highest BCUT2D eigenvalue weighted by atomic mass is 79.9. The third-order valence-corrected chi connectivity index (χ3v) is 4.78. The average Bonchev–Trinajstić information content (AvgIpc) is 2.81. The van der Waals surface area contributed by atoms with Crippen LogP contribution in [-0.2, 0) is 0 Å². The van der Waals surface area contributed by atoms with Gasteiger partial charge in [-0.2, -0.15) is 11.3 Å². The Morgan fingerprint density at radius 2 is 2.21 bits per heavy atom. The van der Waals surface area contributed by atoms with Gasteiger partial charge in [-0.05, 0) is 58.5 Å². The summed E-state index contributed by atoms with van der Waals surface area (Å²) < 4.78 is 6.98. The predicted molar refractivity (Wildman–Crippen MR) is 85.1 cm³/mol. The van der Waals surface area contributed by atoms with Gasteiger partial charge < -0.3 is 10.1 Å². The van der Waals surface area contributed by atoms with Crippen LogP contribution in [0.2, 0.25) is 0 Å². The summed E-state index contributed by atoms with van der Waals surface area (Å²) in [7, 11) is 1.99. The van der Waals surface area contributed by atoms with E-state index in [1.807, 2.05) is 19.2 Å². The zero-order chi connectivity index (χ0) is 13.7. The minimum atomic E-state index is 0.324. The van der Waals surface area contributed by atoms with Crippen LogP contribution in [-0.4, -0.2) is 13.7 Å². The lowest BCUT2D eigenvalue weighted by atomic mass is 10.1. The van der Waals surface area contributed by atoms with Crippen molar-refractivity contribution in [3.63, 3.8) is 0 Å². The minimum Gasteiger partial charge on any atom is -0.494 e. The largest absolute Gasteiger partial charge is 0.494 e. The van der Waals surface area contributed by atoms with Gasteiger partial charge in [0.25, 0.3) is 0 Å². The van der Waals surface area contributed by atoms with Crippen molar-refractivity contribution < 1.29 is 4.74 Å². The number of rotatable bonds is 6. The fourth-order valence-electron chi connectivity index (χ4n) is 2.00. The van der Waals surface area contributed by atoms with Gasteiger partial charge in [0.15, 0.2) is 0 Å². The molecule has 0 aliphatic carbocycles. The molecular weight excluding hydrogens is 322 g/mol. The molecule has 2 aromatic rings. The Labute approximate surface area is 126 Å². The highest BCUT2D eigenvalue weighted by molar-refractivity contribution is 9.10. The van der Waals surface area contributed by atoms with E-state index in [1.165, 1.54) is 15.6 Å². The lowest BCUT2D eigenvalue weighted by Gasteiger charge is -2.16. The number of hydrogen-bond acceptors (Lipinski definition) is 3. The molecule has 0 amide bonds. The number of ether oxygens (including phenoxy) is 1. The molecule has 0 saturated heterocycles. The molecule has 0 aliphatic rings. The van der Waals surface area contributed by atoms with Crippen LogP contribution in [0.25, 0.3) is 0 Å². The van der Waals surface area contributed by atoms with Crippen LogP contribution in [0.5, 0.6) is 5.75 Å². The van der Waals surface area contributed by atoms with Gasteiger partial charge in [0.1, 0.15) is 5.75 Å². The molecule has 0 radical (unpaired) electrons. The first-order chi connectivity index (χ1) is 9.20. The molecule has 102 valence electrons. The lowest BCUT2D eigenvalue weighted by Crippen LogP contribution is -2.18. The lowest BCUT2D eigenvalue weighted by molar-refractivity contribution is 0.290.